The Morgan fingerprint density at radius 3 is 2.52 bits per heavy atom. The Morgan fingerprint density at radius 2 is 1.81 bits per heavy atom. The van der Waals surface area contributed by atoms with E-state index in [0.29, 0.717) is 23.5 Å². The van der Waals surface area contributed by atoms with Crippen LogP contribution in [0.25, 0.3) is 0 Å². The first-order valence-corrected chi connectivity index (χ1v) is 8.99. The number of amides is 1. The van der Waals surface area contributed by atoms with E-state index in [-0.39, 0.29) is 11.7 Å². The van der Waals surface area contributed by atoms with Crippen LogP contribution in [0.3, 0.4) is 0 Å². The van der Waals surface area contributed by atoms with E-state index in [4.69, 9.17) is 4.74 Å². The van der Waals surface area contributed by atoms with Gasteiger partial charge in [-0.05, 0) is 59.7 Å². The Kier molecular flexibility index (Phi) is 6.22. The molecule has 0 unspecified atom stereocenters. The second-order valence-electron chi connectivity index (χ2n) is 5.73. The van der Waals surface area contributed by atoms with Crippen LogP contribution in [0.15, 0.2) is 82.4 Å². The maximum atomic E-state index is 12.1. The number of nitrogens with zero attached hydrogens (tertiary/aromatic N) is 1. The standard InChI is InChI=1S/C21H17BrN2O3/c22-18-8-4-15(5-9-18)14-27-20-10-6-17(7-11-20)21(26)24-23-13-16-2-1-3-19(25)12-16/h1-13,25H,14H2,(H,24,26)/b23-13-. The lowest BCUT2D eigenvalue weighted by molar-refractivity contribution is 0.0955. The van der Waals surface area contributed by atoms with Crippen LogP contribution in [0.4, 0.5) is 0 Å². The van der Waals surface area contributed by atoms with Crippen molar-refractivity contribution in [2.45, 2.75) is 6.61 Å². The molecule has 27 heavy (non-hydrogen) atoms. The van der Waals surface area contributed by atoms with Crippen LogP contribution in [0.1, 0.15) is 21.5 Å². The summed E-state index contributed by atoms with van der Waals surface area (Å²) in [6.45, 7) is 0.451. The molecule has 6 heteroatoms. The number of ether oxygens (including phenoxy) is 1. The topological polar surface area (TPSA) is 70.9 Å². The summed E-state index contributed by atoms with van der Waals surface area (Å²) in [6, 6.07) is 21.3. The number of phenolic OH excluding ortho intramolecular Hbond substituents is 1. The number of aromatic hydroxyl groups is 1. The van der Waals surface area contributed by atoms with Gasteiger partial charge in [-0.15, -0.1) is 0 Å². The molecule has 0 aliphatic rings. The molecule has 0 radical (unpaired) electrons. The fourth-order valence-electron chi connectivity index (χ4n) is 2.28. The third kappa shape index (κ3) is 5.69. The highest BCUT2D eigenvalue weighted by molar-refractivity contribution is 9.10. The Bertz CT molecular complexity index is 938. The predicted molar refractivity (Wildman–Crippen MR) is 108 cm³/mol. The van der Waals surface area contributed by atoms with Gasteiger partial charge in [-0.3, -0.25) is 4.79 Å². The molecule has 0 spiro atoms. The number of nitrogens with one attached hydrogen (secondary N) is 1. The largest absolute Gasteiger partial charge is 0.508 e. The van der Waals surface area contributed by atoms with Crippen LogP contribution in [0, 0.1) is 0 Å². The first kappa shape index (κ1) is 18.7. The fourth-order valence-corrected chi connectivity index (χ4v) is 2.55. The fraction of sp³-hybridized carbons (Fsp3) is 0.0476. The smallest absolute Gasteiger partial charge is 0.271 e. The highest BCUT2D eigenvalue weighted by Gasteiger charge is 2.04. The minimum Gasteiger partial charge on any atom is -0.508 e. The van der Waals surface area contributed by atoms with Crippen molar-refractivity contribution in [1.29, 1.82) is 0 Å². The third-order valence-electron chi connectivity index (χ3n) is 3.69. The summed E-state index contributed by atoms with van der Waals surface area (Å²) in [7, 11) is 0. The van der Waals surface area contributed by atoms with Gasteiger partial charge < -0.3 is 9.84 Å². The van der Waals surface area contributed by atoms with Gasteiger partial charge in [-0.1, -0.05) is 40.2 Å². The first-order valence-electron chi connectivity index (χ1n) is 8.20. The molecule has 2 N–H and O–H groups in total. The van der Waals surface area contributed by atoms with Crippen LogP contribution in [-0.2, 0) is 6.61 Å². The molecule has 3 aromatic carbocycles. The van der Waals surface area contributed by atoms with Gasteiger partial charge in [0.25, 0.3) is 5.91 Å². The number of hydrogen-bond donors (Lipinski definition) is 2. The SMILES string of the molecule is O=C(N/N=C\c1cccc(O)c1)c1ccc(OCc2ccc(Br)cc2)cc1. The summed E-state index contributed by atoms with van der Waals surface area (Å²) in [5.41, 5.74) is 4.67. The number of carbonyl (C=O) groups is 1. The quantitative estimate of drug-likeness (QED) is 0.452. The van der Waals surface area contributed by atoms with Crippen molar-refractivity contribution in [2.75, 3.05) is 0 Å². The third-order valence-corrected chi connectivity index (χ3v) is 4.21. The normalized spacial score (nSPS) is 10.7. The lowest BCUT2D eigenvalue weighted by atomic mass is 10.2. The van der Waals surface area contributed by atoms with Crippen LogP contribution >= 0.6 is 15.9 Å². The molecular weight excluding hydrogens is 408 g/mol. The molecule has 0 bridgehead atoms. The van der Waals surface area contributed by atoms with Crippen molar-refractivity contribution in [2.24, 2.45) is 5.10 Å². The van der Waals surface area contributed by atoms with Gasteiger partial charge in [0.1, 0.15) is 18.1 Å². The summed E-state index contributed by atoms with van der Waals surface area (Å²) in [5, 5.41) is 13.3. The van der Waals surface area contributed by atoms with E-state index in [0.717, 1.165) is 10.0 Å². The molecule has 0 saturated heterocycles. The number of hydrogen-bond acceptors (Lipinski definition) is 4. The molecule has 0 saturated carbocycles. The maximum Gasteiger partial charge on any atom is 0.271 e. The maximum absolute atomic E-state index is 12.1. The zero-order chi connectivity index (χ0) is 19.1. The highest BCUT2D eigenvalue weighted by Crippen LogP contribution is 2.16. The minimum absolute atomic E-state index is 0.143. The Balaban J connectivity index is 1.53. The van der Waals surface area contributed by atoms with Gasteiger partial charge in [-0.25, -0.2) is 5.43 Å². The van der Waals surface area contributed by atoms with E-state index >= 15 is 0 Å². The van der Waals surface area contributed by atoms with E-state index in [1.807, 2.05) is 24.3 Å². The van der Waals surface area contributed by atoms with Crippen LogP contribution in [0.2, 0.25) is 0 Å². The summed E-state index contributed by atoms with van der Waals surface area (Å²) in [5.74, 6) is 0.493. The summed E-state index contributed by atoms with van der Waals surface area (Å²) in [6.07, 6.45) is 1.47. The number of halogens is 1. The van der Waals surface area contributed by atoms with E-state index < -0.39 is 0 Å². The molecular formula is C21H17BrN2O3. The van der Waals surface area contributed by atoms with E-state index in [1.165, 1.54) is 6.21 Å². The summed E-state index contributed by atoms with van der Waals surface area (Å²) < 4.78 is 6.74. The van der Waals surface area contributed by atoms with E-state index in [2.05, 4.69) is 26.5 Å². The van der Waals surface area contributed by atoms with E-state index in [1.54, 1.807) is 48.5 Å². The molecule has 136 valence electrons. The van der Waals surface area contributed by atoms with Crippen molar-refractivity contribution in [3.63, 3.8) is 0 Å². The van der Waals surface area contributed by atoms with Crippen LogP contribution < -0.4 is 10.2 Å². The average Bonchev–Trinajstić information content (AvgIpc) is 2.68. The molecule has 0 fully saturated rings. The number of benzene rings is 3. The highest BCUT2D eigenvalue weighted by atomic mass is 79.9. The van der Waals surface area contributed by atoms with Gasteiger partial charge in [0.2, 0.25) is 0 Å². The lowest BCUT2D eigenvalue weighted by Crippen LogP contribution is -2.17. The molecule has 0 aliphatic carbocycles. The van der Waals surface area contributed by atoms with E-state index in [9.17, 15) is 9.90 Å². The zero-order valence-corrected chi connectivity index (χ0v) is 15.9. The Morgan fingerprint density at radius 1 is 1.07 bits per heavy atom. The van der Waals surface area contributed by atoms with Gasteiger partial charge in [0.05, 0.1) is 6.21 Å². The number of phenols is 1. The van der Waals surface area contributed by atoms with Crippen LogP contribution in [-0.4, -0.2) is 17.2 Å². The lowest BCUT2D eigenvalue weighted by Gasteiger charge is -2.07. The van der Waals surface area contributed by atoms with Crippen molar-refractivity contribution in [1.82, 2.24) is 5.43 Å². The first-order chi connectivity index (χ1) is 13.1. The van der Waals surface area contributed by atoms with Gasteiger partial charge in [0.15, 0.2) is 0 Å². The minimum atomic E-state index is -0.328. The molecule has 0 heterocycles. The van der Waals surface area contributed by atoms with Gasteiger partial charge >= 0.3 is 0 Å². The van der Waals surface area contributed by atoms with Gasteiger partial charge in [0, 0.05) is 10.0 Å². The number of hydrazone groups is 1. The molecule has 0 atom stereocenters. The molecule has 1 amide bonds. The van der Waals surface area contributed by atoms with Crippen LogP contribution in [0.5, 0.6) is 11.5 Å². The zero-order valence-electron chi connectivity index (χ0n) is 14.3. The Labute approximate surface area is 165 Å². The molecule has 5 nitrogen and oxygen atoms in total. The van der Waals surface area contributed by atoms with Crippen molar-refractivity contribution >= 4 is 28.1 Å². The Hall–Kier alpha value is -3.12. The van der Waals surface area contributed by atoms with Gasteiger partial charge in [-0.2, -0.15) is 5.10 Å². The predicted octanol–water partition coefficient (Wildman–Crippen LogP) is 4.50. The number of rotatable bonds is 6. The molecule has 0 aromatic heterocycles. The second-order valence-corrected chi connectivity index (χ2v) is 6.65. The van der Waals surface area contributed by atoms with Crippen molar-refractivity contribution in [3.8, 4) is 11.5 Å². The summed E-state index contributed by atoms with van der Waals surface area (Å²) >= 11 is 3.40. The summed E-state index contributed by atoms with van der Waals surface area (Å²) in [4.78, 5) is 12.1. The second kappa shape index (κ2) is 9.00. The molecule has 3 aromatic rings. The van der Waals surface area contributed by atoms with Crippen molar-refractivity contribution in [3.05, 3.63) is 94.0 Å². The monoisotopic (exact) mass is 424 g/mol. The molecule has 3 rings (SSSR count). The number of carbonyl (C=O) groups excluding carboxylic acids is 1. The average molecular weight is 425 g/mol. The molecule has 0 aliphatic heterocycles. The van der Waals surface area contributed by atoms with Crippen molar-refractivity contribution < 1.29 is 14.6 Å².